The highest BCUT2D eigenvalue weighted by atomic mass is 19.4. The summed E-state index contributed by atoms with van der Waals surface area (Å²) in [5.41, 5.74) is 0.700. The molecule has 11 heteroatoms. The number of carbonyl (C=O) groups excluding carboxylic acids is 2. The number of carbonyl (C=O) groups is 2. The van der Waals surface area contributed by atoms with Crippen LogP contribution < -0.4 is 4.90 Å². The number of nitrogens with zero attached hydrogens (tertiary/aromatic N) is 3. The number of ketones is 1. The fourth-order valence-corrected chi connectivity index (χ4v) is 5.03. The number of ether oxygens (including phenoxy) is 1. The lowest BCUT2D eigenvalue weighted by Gasteiger charge is -2.32. The lowest BCUT2D eigenvalue weighted by molar-refractivity contribution is -0.384. The number of alkyl halides is 3. The van der Waals surface area contributed by atoms with Gasteiger partial charge in [-0.1, -0.05) is 13.0 Å². The molecule has 1 fully saturated rings. The first-order chi connectivity index (χ1) is 18.4. The molecule has 206 valence electrons. The van der Waals surface area contributed by atoms with E-state index in [9.17, 15) is 32.9 Å². The molecule has 39 heavy (non-hydrogen) atoms. The van der Waals surface area contributed by atoms with Crippen LogP contribution in [-0.2, 0) is 10.9 Å². The van der Waals surface area contributed by atoms with Gasteiger partial charge < -0.3 is 14.2 Å². The number of aromatic nitrogens is 1. The monoisotopic (exact) mass is 543 g/mol. The third kappa shape index (κ3) is 5.97. The van der Waals surface area contributed by atoms with Crippen LogP contribution in [0.5, 0.6) is 0 Å². The number of nitro groups is 1. The normalized spacial score (nSPS) is 15.7. The van der Waals surface area contributed by atoms with Crippen molar-refractivity contribution >= 4 is 23.1 Å². The Morgan fingerprint density at radius 1 is 1.13 bits per heavy atom. The summed E-state index contributed by atoms with van der Waals surface area (Å²) in [4.78, 5) is 38.7. The molecule has 0 bridgehead atoms. The number of hydrogen-bond donors (Lipinski definition) is 0. The average molecular weight is 544 g/mol. The third-order valence-corrected chi connectivity index (χ3v) is 6.90. The van der Waals surface area contributed by atoms with Gasteiger partial charge in [0.25, 0.3) is 5.69 Å². The van der Waals surface area contributed by atoms with Gasteiger partial charge in [-0.3, -0.25) is 14.9 Å². The SMILES string of the molecule is Cc1cc(C(=O)COC(=O)c2ccc(N3CCC[C@H](C)C3)c([N+](=O)[O-])c2)c(C)n1-c1cccc(C(F)(F)F)c1. The Labute approximate surface area is 223 Å². The van der Waals surface area contributed by atoms with E-state index in [0.29, 0.717) is 36.1 Å². The van der Waals surface area contributed by atoms with Gasteiger partial charge in [-0.2, -0.15) is 13.2 Å². The summed E-state index contributed by atoms with van der Waals surface area (Å²) in [6.45, 7) is 6.05. The number of hydrogen-bond acceptors (Lipinski definition) is 6. The highest BCUT2D eigenvalue weighted by Gasteiger charge is 2.31. The fraction of sp³-hybridized carbons (Fsp3) is 0.357. The van der Waals surface area contributed by atoms with Crippen molar-refractivity contribution < 1.29 is 32.4 Å². The van der Waals surface area contributed by atoms with Crippen LogP contribution in [0.2, 0.25) is 0 Å². The quantitative estimate of drug-likeness (QED) is 0.150. The number of halogens is 3. The molecule has 1 atom stereocenters. The van der Waals surface area contributed by atoms with E-state index < -0.39 is 35.0 Å². The second-order valence-electron chi connectivity index (χ2n) is 9.82. The predicted molar refractivity (Wildman–Crippen MR) is 139 cm³/mol. The predicted octanol–water partition coefficient (Wildman–Crippen LogP) is 6.30. The molecule has 1 aromatic heterocycles. The summed E-state index contributed by atoms with van der Waals surface area (Å²) in [5.74, 6) is -1.05. The van der Waals surface area contributed by atoms with Crippen molar-refractivity contribution in [1.29, 1.82) is 0 Å². The maximum Gasteiger partial charge on any atom is 0.416 e. The van der Waals surface area contributed by atoms with Crippen molar-refractivity contribution in [3.05, 3.63) is 86.7 Å². The Bertz CT molecular complexity index is 1430. The lowest BCUT2D eigenvalue weighted by Crippen LogP contribution is -2.34. The smallest absolute Gasteiger partial charge is 0.416 e. The van der Waals surface area contributed by atoms with Crippen molar-refractivity contribution in [1.82, 2.24) is 4.57 Å². The number of piperidine rings is 1. The van der Waals surface area contributed by atoms with Gasteiger partial charge in [-0.05, 0) is 69.0 Å². The number of nitro benzene ring substituents is 1. The maximum absolute atomic E-state index is 13.2. The van der Waals surface area contributed by atoms with Crippen molar-refractivity contribution in [2.45, 2.75) is 39.8 Å². The van der Waals surface area contributed by atoms with Gasteiger partial charge in [0.05, 0.1) is 16.1 Å². The summed E-state index contributed by atoms with van der Waals surface area (Å²) < 4.78 is 46.2. The Morgan fingerprint density at radius 3 is 2.54 bits per heavy atom. The summed E-state index contributed by atoms with van der Waals surface area (Å²) in [6.07, 6.45) is -2.55. The highest BCUT2D eigenvalue weighted by Crippen LogP contribution is 2.33. The van der Waals surface area contributed by atoms with Crippen molar-refractivity contribution in [2.24, 2.45) is 5.92 Å². The number of Topliss-reactive ketones (excluding diaryl/α,β-unsaturated/α-hetero) is 1. The molecule has 0 amide bonds. The third-order valence-electron chi connectivity index (χ3n) is 6.90. The van der Waals surface area contributed by atoms with Gasteiger partial charge in [0.2, 0.25) is 5.78 Å². The molecule has 0 saturated carbocycles. The standard InChI is InChI=1S/C28H28F3N3O5/c1-17-6-5-11-32(15-17)24-10-9-20(13-25(24)34(37)38)27(36)39-16-26(35)23-12-18(2)33(19(23)3)22-8-4-7-21(14-22)28(29,30)31/h4,7-10,12-14,17H,5-6,11,15-16H2,1-3H3/t17-/m0/s1. The van der Waals surface area contributed by atoms with Gasteiger partial charge in [0, 0.05) is 41.8 Å². The van der Waals surface area contributed by atoms with Crippen LogP contribution in [-0.4, -0.2) is 40.9 Å². The number of esters is 1. The zero-order valence-corrected chi connectivity index (χ0v) is 21.7. The molecule has 1 aliphatic heterocycles. The summed E-state index contributed by atoms with van der Waals surface area (Å²) in [5, 5.41) is 11.7. The van der Waals surface area contributed by atoms with E-state index >= 15 is 0 Å². The van der Waals surface area contributed by atoms with Crippen LogP contribution >= 0.6 is 0 Å². The second kappa shape index (κ2) is 10.9. The first kappa shape index (κ1) is 27.9. The number of anilines is 1. The Morgan fingerprint density at radius 2 is 1.87 bits per heavy atom. The number of benzene rings is 2. The molecule has 2 aromatic carbocycles. The van der Waals surface area contributed by atoms with E-state index in [4.69, 9.17) is 4.74 Å². The summed E-state index contributed by atoms with van der Waals surface area (Å²) in [7, 11) is 0. The van der Waals surface area contributed by atoms with E-state index in [1.165, 1.54) is 34.9 Å². The molecule has 1 saturated heterocycles. The van der Waals surface area contributed by atoms with Gasteiger partial charge in [-0.15, -0.1) is 0 Å². The Hall–Kier alpha value is -4.15. The van der Waals surface area contributed by atoms with Crippen LogP contribution in [0, 0.1) is 29.9 Å². The van der Waals surface area contributed by atoms with Gasteiger partial charge in [-0.25, -0.2) is 4.79 Å². The molecule has 3 aromatic rings. The van der Waals surface area contributed by atoms with E-state index in [0.717, 1.165) is 31.0 Å². The van der Waals surface area contributed by atoms with Crippen LogP contribution in [0.4, 0.5) is 24.5 Å². The first-order valence-electron chi connectivity index (χ1n) is 12.5. The van der Waals surface area contributed by atoms with Gasteiger partial charge >= 0.3 is 12.1 Å². The number of rotatable bonds is 7. The van der Waals surface area contributed by atoms with Crippen LogP contribution in [0.1, 0.15) is 57.4 Å². The van der Waals surface area contributed by atoms with Crippen molar-refractivity contribution in [2.75, 3.05) is 24.6 Å². The first-order valence-corrected chi connectivity index (χ1v) is 12.5. The summed E-state index contributed by atoms with van der Waals surface area (Å²) >= 11 is 0. The van der Waals surface area contributed by atoms with Gasteiger partial charge in [0.15, 0.2) is 6.61 Å². The second-order valence-corrected chi connectivity index (χ2v) is 9.82. The van der Waals surface area contributed by atoms with Crippen molar-refractivity contribution in [3.8, 4) is 5.69 Å². The molecule has 8 nitrogen and oxygen atoms in total. The average Bonchev–Trinajstić information content (AvgIpc) is 3.19. The molecule has 0 aliphatic carbocycles. The van der Waals surface area contributed by atoms with E-state index in [1.807, 2.05) is 4.90 Å². The minimum absolute atomic E-state index is 0.0576. The maximum atomic E-state index is 13.2. The molecule has 0 spiro atoms. The summed E-state index contributed by atoms with van der Waals surface area (Å²) in [6, 6.07) is 10.4. The van der Waals surface area contributed by atoms with E-state index in [1.54, 1.807) is 13.8 Å². The Balaban J connectivity index is 1.50. The fourth-order valence-electron chi connectivity index (χ4n) is 5.03. The molecular formula is C28H28F3N3O5. The molecule has 4 rings (SSSR count). The highest BCUT2D eigenvalue weighted by molar-refractivity contribution is 6.00. The molecule has 0 N–H and O–H groups in total. The van der Waals surface area contributed by atoms with Crippen LogP contribution in [0.25, 0.3) is 5.69 Å². The number of aryl methyl sites for hydroxylation is 1. The Kier molecular flexibility index (Phi) is 7.80. The molecular weight excluding hydrogens is 515 g/mol. The van der Waals surface area contributed by atoms with Crippen LogP contribution in [0.3, 0.4) is 0 Å². The van der Waals surface area contributed by atoms with E-state index in [-0.39, 0.29) is 22.5 Å². The van der Waals surface area contributed by atoms with Gasteiger partial charge in [0.1, 0.15) is 5.69 Å². The molecule has 0 radical (unpaired) electrons. The molecule has 0 unspecified atom stereocenters. The molecule has 2 heterocycles. The van der Waals surface area contributed by atoms with Crippen molar-refractivity contribution in [3.63, 3.8) is 0 Å². The minimum atomic E-state index is -4.52. The zero-order chi connectivity index (χ0) is 28.5. The minimum Gasteiger partial charge on any atom is -0.454 e. The molecule has 1 aliphatic rings. The van der Waals surface area contributed by atoms with E-state index in [2.05, 4.69) is 6.92 Å². The largest absolute Gasteiger partial charge is 0.454 e. The van der Waals surface area contributed by atoms with Crippen LogP contribution in [0.15, 0.2) is 48.5 Å². The zero-order valence-electron chi connectivity index (χ0n) is 21.7. The lowest BCUT2D eigenvalue weighted by atomic mass is 9.99. The topological polar surface area (TPSA) is 94.7 Å².